The van der Waals surface area contributed by atoms with Gasteiger partial charge >= 0.3 is 11.9 Å². The summed E-state index contributed by atoms with van der Waals surface area (Å²) in [5, 5.41) is 0. The largest absolute Gasteiger partial charge is 0.462 e. The smallest absolute Gasteiger partial charge is 0.355 e. The summed E-state index contributed by atoms with van der Waals surface area (Å²) in [5.41, 5.74) is 2.78. The number of carbonyl (C=O) groups excluding carboxylic acids is 2. The van der Waals surface area contributed by atoms with Crippen LogP contribution in [0.3, 0.4) is 0 Å². The number of carbonyl (C=O) groups is 2. The van der Waals surface area contributed by atoms with Gasteiger partial charge in [0, 0.05) is 18.3 Å². The number of hydrogen-bond acceptors (Lipinski definition) is 4. The molecule has 0 aliphatic carbocycles. The van der Waals surface area contributed by atoms with E-state index in [0.29, 0.717) is 22.5 Å². The highest BCUT2D eigenvalue weighted by atomic mass is 16.5. The molecule has 2 aromatic rings. The van der Waals surface area contributed by atoms with Crippen molar-refractivity contribution in [1.82, 2.24) is 4.57 Å². The molecular weight excluding hydrogens is 294 g/mol. The van der Waals surface area contributed by atoms with Gasteiger partial charge in [0.2, 0.25) is 0 Å². The maximum atomic E-state index is 12.4. The fraction of sp³-hybridized carbons (Fsp3) is 0.333. The number of esters is 2. The summed E-state index contributed by atoms with van der Waals surface area (Å²) in [7, 11) is 1.75. The highest BCUT2D eigenvalue weighted by molar-refractivity contribution is 6.06. The summed E-state index contributed by atoms with van der Waals surface area (Å²) in [4.78, 5) is 24.8. The van der Waals surface area contributed by atoms with Crippen LogP contribution < -0.4 is 0 Å². The predicted octanol–water partition coefficient (Wildman–Crippen LogP) is 3.35. The lowest BCUT2D eigenvalue weighted by atomic mass is 10.00. The van der Waals surface area contributed by atoms with E-state index in [1.807, 2.05) is 30.3 Å². The first kappa shape index (κ1) is 16.8. The van der Waals surface area contributed by atoms with Gasteiger partial charge in [-0.15, -0.1) is 0 Å². The molecule has 0 N–H and O–H groups in total. The Bertz CT molecular complexity index is 675. The SMILES string of the molecule is CCOC(=O)c1c(-c2ccccc2)c(C(=O)OCC)n(C)c1C. The molecule has 0 saturated carbocycles. The summed E-state index contributed by atoms with van der Waals surface area (Å²) in [5.74, 6) is -0.887. The maximum Gasteiger partial charge on any atom is 0.355 e. The zero-order valence-corrected chi connectivity index (χ0v) is 13.9. The predicted molar refractivity (Wildman–Crippen MR) is 87.5 cm³/mol. The fourth-order valence-corrected chi connectivity index (χ4v) is 2.58. The second-order valence-corrected chi connectivity index (χ2v) is 5.05. The third kappa shape index (κ3) is 3.13. The van der Waals surface area contributed by atoms with Crippen molar-refractivity contribution in [2.75, 3.05) is 13.2 Å². The molecule has 0 spiro atoms. The van der Waals surface area contributed by atoms with Crippen molar-refractivity contribution in [3.8, 4) is 11.1 Å². The fourth-order valence-electron chi connectivity index (χ4n) is 2.58. The zero-order chi connectivity index (χ0) is 17.0. The van der Waals surface area contributed by atoms with E-state index in [9.17, 15) is 9.59 Å². The molecule has 0 fully saturated rings. The van der Waals surface area contributed by atoms with Gasteiger partial charge < -0.3 is 14.0 Å². The Labute approximate surface area is 135 Å². The molecule has 0 radical (unpaired) electrons. The van der Waals surface area contributed by atoms with Crippen molar-refractivity contribution >= 4 is 11.9 Å². The average molecular weight is 315 g/mol. The molecule has 0 aliphatic rings. The van der Waals surface area contributed by atoms with Crippen LogP contribution in [-0.4, -0.2) is 29.7 Å². The number of hydrogen-bond donors (Lipinski definition) is 0. The molecule has 0 bridgehead atoms. The van der Waals surface area contributed by atoms with Crippen LogP contribution in [0.5, 0.6) is 0 Å². The molecule has 0 atom stereocenters. The van der Waals surface area contributed by atoms with E-state index in [-0.39, 0.29) is 13.2 Å². The lowest BCUT2D eigenvalue weighted by Gasteiger charge is -2.08. The van der Waals surface area contributed by atoms with E-state index < -0.39 is 11.9 Å². The summed E-state index contributed by atoms with van der Waals surface area (Å²) in [6.45, 7) is 5.84. The molecule has 0 aliphatic heterocycles. The van der Waals surface area contributed by atoms with Gasteiger partial charge in [0.05, 0.1) is 18.8 Å². The summed E-state index contributed by atoms with van der Waals surface area (Å²) in [6, 6.07) is 9.33. The van der Waals surface area contributed by atoms with Gasteiger partial charge in [-0.1, -0.05) is 30.3 Å². The average Bonchev–Trinajstić information content (AvgIpc) is 2.81. The molecule has 1 aromatic heterocycles. The highest BCUT2D eigenvalue weighted by Crippen LogP contribution is 2.33. The van der Waals surface area contributed by atoms with Gasteiger partial charge in [0.1, 0.15) is 5.69 Å². The molecule has 0 unspecified atom stereocenters. The summed E-state index contributed by atoms with van der Waals surface area (Å²) in [6.07, 6.45) is 0. The van der Waals surface area contributed by atoms with E-state index in [2.05, 4.69) is 0 Å². The van der Waals surface area contributed by atoms with E-state index in [0.717, 1.165) is 5.56 Å². The topological polar surface area (TPSA) is 57.5 Å². The summed E-state index contributed by atoms with van der Waals surface area (Å²) < 4.78 is 12.0. The van der Waals surface area contributed by atoms with E-state index in [4.69, 9.17) is 9.47 Å². The third-order valence-electron chi connectivity index (χ3n) is 3.70. The Balaban J connectivity index is 2.74. The molecule has 2 rings (SSSR count). The first-order chi connectivity index (χ1) is 11.0. The molecule has 122 valence electrons. The van der Waals surface area contributed by atoms with Crippen molar-refractivity contribution in [3.05, 3.63) is 47.3 Å². The standard InChI is InChI=1S/C18H21NO4/c1-5-22-17(20)14-12(3)19(4)16(18(21)23-6-2)15(14)13-10-8-7-9-11-13/h7-11H,5-6H2,1-4H3. The monoisotopic (exact) mass is 315 g/mol. The van der Waals surface area contributed by atoms with Crippen LogP contribution >= 0.6 is 0 Å². The lowest BCUT2D eigenvalue weighted by molar-refractivity contribution is 0.0513. The Kier molecular flexibility index (Phi) is 5.21. The molecule has 23 heavy (non-hydrogen) atoms. The zero-order valence-electron chi connectivity index (χ0n) is 13.9. The van der Waals surface area contributed by atoms with Gasteiger partial charge in [-0.25, -0.2) is 9.59 Å². The molecule has 1 heterocycles. The lowest BCUT2D eigenvalue weighted by Crippen LogP contribution is -2.11. The number of ether oxygens (including phenoxy) is 2. The maximum absolute atomic E-state index is 12.4. The summed E-state index contributed by atoms with van der Waals surface area (Å²) >= 11 is 0. The first-order valence-corrected chi connectivity index (χ1v) is 7.61. The number of aromatic nitrogens is 1. The van der Waals surface area contributed by atoms with Crippen LogP contribution in [-0.2, 0) is 16.5 Å². The van der Waals surface area contributed by atoms with E-state index >= 15 is 0 Å². The van der Waals surface area contributed by atoms with Crippen molar-refractivity contribution in [1.29, 1.82) is 0 Å². The Hall–Kier alpha value is -2.56. The highest BCUT2D eigenvalue weighted by Gasteiger charge is 2.29. The van der Waals surface area contributed by atoms with Crippen molar-refractivity contribution in [2.24, 2.45) is 7.05 Å². The third-order valence-corrected chi connectivity index (χ3v) is 3.70. The van der Waals surface area contributed by atoms with Crippen LogP contribution in [0.4, 0.5) is 0 Å². The minimum absolute atomic E-state index is 0.270. The van der Waals surface area contributed by atoms with Crippen LogP contribution in [0, 0.1) is 6.92 Å². The van der Waals surface area contributed by atoms with Gasteiger partial charge in [-0.05, 0) is 26.3 Å². The minimum atomic E-state index is -0.451. The number of benzene rings is 1. The van der Waals surface area contributed by atoms with Crippen LogP contribution in [0.15, 0.2) is 30.3 Å². The Morgan fingerprint density at radius 1 is 1.00 bits per heavy atom. The van der Waals surface area contributed by atoms with Gasteiger partial charge in [0.15, 0.2) is 0 Å². The normalized spacial score (nSPS) is 10.4. The molecule has 0 amide bonds. The van der Waals surface area contributed by atoms with E-state index in [1.165, 1.54) is 0 Å². The Morgan fingerprint density at radius 3 is 2.13 bits per heavy atom. The van der Waals surface area contributed by atoms with Gasteiger partial charge in [-0.3, -0.25) is 0 Å². The number of nitrogens with zero attached hydrogens (tertiary/aromatic N) is 1. The van der Waals surface area contributed by atoms with Crippen molar-refractivity contribution < 1.29 is 19.1 Å². The van der Waals surface area contributed by atoms with Crippen LogP contribution in [0.25, 0.3) is 11.1 Å². The quantitative estimate of drug-likeness (QED) is 0.794. The second-order valence-electron chi connectivity index (χ2n) is 5.05. The van der Waals surface area contributed by atoms with Gasteiger partial charge in [0.25, 0.3) is 0 Å². The van der Waals surface area contributed by atoms with Crippen molar-refractivity contribution in [2.45, 2.75) is 20.8 Å². The first-order valence-electron chi connectivity index (χ1n) is 7.61. The van der Waals surface area contributed by atoms with E-state index in [1.54, 1.807) is 32.4 Å². The Morgan fingerprint density at radius 2 is 1.57 bits per heavy atom. The second kappa shape index (κ2) is 7.13. The number of rotatable bonds is 5. The van der Waals surface area contributed by atoms with Crippen LogP contribution in [0.2, 0.25) is 0 Å². The molecule has 5 heteroatoms. The minimum Gasteiger partial charge on any atom is -0.462 e. The molecule has 0 saturated heterocycles. The van der Waals surface area contributed by atoms with Crippen LogP contribution in [0.1, 0.15) is 40.4 Å². The molecule has 1 aromatic carbocycles. The van der Waals surface area contributed by atoms with Crippen molar-refractivity contribution in [3.63, 3.8) is 0 Å². The molecule has 5 nitrogen and oxygen atoms in total. The molecular formula is C18H21NO4. The van der Waals surface area contributed by atoms with Gasteiger partial charge in [-0.2, -0.15) is 0 Å².